The molecule has 4 nitrogen and oxygen atoms in total. The second-order valence-corrected chi connectivity index (χ2v) is 6.09. The Hall–Kier alpha value is -1.42. The van der Waals surface area contributed by atoms with Crippen LogP contribution in [-0.2, 0) is 0 Å². The minimum atomic E-state index is 0.324. The Morgan fingerprint density at radius 3 is 2.70 bits per heavy atom. The van der Waals surface area contributed by atoms with Crippen LogP contribution in [0.2, 0.25) is 5.15 Å². The summed E-state index contributed by atoms with van der Waals surface area (Å²) in [7, 11) is 0. The Morgan fingerprint density at radius 1 is 1.25 bits per heavy atom. The van der Waals surface area contributed by atoms with Gasteiger partial charge >= 0.3 is 0 Å². The third-order valence-corrected chi connectivity index (χ3v) is 4.13. The maximum absolute atomic E-state index is 6.20. The first-order chi connectivity index (χ1) is 9.65. The van der Waals surface area contributed by atoms with Crippen LogP contribution in [-0.4, -0.2) is 19.5 Å². The van der Waals surface area contributed by atoms with Crippen molar-refractivity contribution in [2.75, 3.05) is 0 Å². The molecular formula is C15H19ClN4. The summed E-state index contributed by atoms with van der Waals surface area (Å²) in [4.78, 5) is 13.3. The third-order valence-electron chi connectivity index (χ3n) is 3.94. The minimum Gasteiger partial charge on any atom is -0.325 e. The van der Waals surface area contributed by atoms with Crippen molar-refractivity contribution in [3.05, 3.63) is 29.4 Å². The highest BCUT2D eigenvalue weighted by molar-refractivity contribution is 6.29. The van der Waals surface area contributed by atoms with Crippen molar-refractivity contribution in [2.45, 2.75) is 51.5 Å². The van der Waals surface area contributed by atoms with E-state index in [0.717, 1.165) is 11.4 Å². The molecular weight excluding hydrogens is 272 g/mol. The number of rotatable bonds is 3. The maximum Gasteiger partial charge on any atom is 0.179 e. The van der Waals surface area contributed by atoms with E-state index >= 15 is 0 Å². The smallest absolute Gasteiger partial charge is 0.179 e. The zero-order chi connectivity index (χ0) is 14.1. The summed E-state index contributed by atoms with van der Waals surface area (Å²) in [5.74, 6) is 1.22. The van der Waals surface area contributed by atoms with Gasteiger partial charge in [0.15, 0.2) is 5.82 Å². The zero-order valence-corrected chi connectivity index (χ0v) is 12.6. The quantitative estimate of drug-likeness (QED) is 0.795. The van der Waals surface area contributed by atoms with Crippen LogP contribution < -0.4 is 0 Å². The SMILES string of the molecule is CC(C)n1cncc1-c1nc(Cl)cc(C2CCCC2)n1. The molecule has 2 aromatic heterocycles. The molecule has 106 valence electrons. The molecule has 0 atom stereocenters. The van der Waals surface area contributed by atoms with E-state index in [-0.39, 0.29) is 0 Å². The largest absolute Gasteiger partial charge is 0.325 e. The lowest BCUT2D eigenvalue weighted by Crippen LogP contribution is -2.06. The van der Waals surface area contributed by atoms with Gasteiger partial charge < -0.3 is 4.57 Å². The van der Waals surface area contributed by atoms with Crippen LogP contribution in [0.5, 0.6) is 0 Å². The van der Waals surface area contributed by atoms with E-state index in [9.17, 15) is 0 Å². The van der Waals surface area contributed by atoms with Gasteiger partial charge in [-0.05, 0) is 32.8 Å². The van der Waals surface area contributed by atoms with E-state index in [0.29, 0.717) is 22.9 Å². The van der Waals surface area contributed by atoms with Gasteiger partial charge in [-0.1, -0.05) is 24.4 Å². The highest BCUT2D eigenvalue weighted by Gasteiger charge is 2.21. The summed E-state index contributed by atoms with van der Waals surface area (Å²) in [6, 6.07) is 2.24. The van der Waals surface area contributed by atoms with Gasteiger partial charge in [-0.25, -0.2) is 15.0 Å². The molecule has 3 rings (SSSR count). The second-order valence-electron chi connectivity index (χ2n) is 5.70. The van der Waals surface area contributed by atoms with Crippen molar-refractivity contribution in [1.82, 2.24) is 19.5 Å². The van der Waals surface area contributed by atoms with Crippen LogP contribution in [0.1, 0.15) is 57.2 Å². The van der Waals surface area contributed by atoms with Crippen molar-refractivity contribution in [2.24, 2.45) is 0 Å². The molecule has 0 spiro atoms. The number of hydrogen-bond acceptors (Lipinski definition) is 3. The average Bonchev–Trinajstić information content (AvgIpc) is 3.09. The first-order valence-corrected chi connectivity index (χ1v) is 7.59. The van der Waals surface area contributed by atoms with E-state index in [1.54, 1.807) is 0 Å². The molecule has 1 aliphatic carbocycles. The molecule has 0 aliphatic heterocycles. The summed E-state index contributed by atoms with van der Waals surface area (Å²) in [6.07, 6.45) is 8.60. The fourth-order valence-electron chi connectivity index (χ4n) is 2.87. The Kier molecular flexibility index (Phi) is 3.74. The highest BCUT2D eigenvalue weighted by Crippen LogP contribution is 2.34. The maximum atomic E-state index is 6.20. The average molecular weight is 291 g/mol. The number of hydrogen-bond donors (Lipinski definition) is 0. The summed E-state index contributed by atoms with van der Waals surface area (Å²) in [5, 5.41) is 0.522. The monoisotopic (exact) mass is 290 g/mol. The van der Waals surface area contributed by atoms with Gasteiger partial charge in [-0.15, -0.1) is 0 Å². The summed E-state index contributed by atoms with van der Waals surface area (Å²) in [5.41, 5.74) is 2.01. The van der Waals surface area contributed by atoms with Gasteiger partial charge in [0.1, 0.15) is 10.8 Å². The van der Waals surface area contributed by atoms with Crippen molar-refractivity contribution in [3.63, 3.8) is 0 Å². The fourth-order valence-corrected chi connectivity index (χ4v) is 3.06. The van der Waals surface area contributed by atoms with Gasteiger partial charge in [-0.3, -0.25) is 0 Å². The number of imidazole rings is 1. The molecule has 0 N–H and O–H groups in total. The first-order valence-electron chi connectivity index (χ1n) is 7.22. The predicted octanol–water partition coefficient (Wildman–Crippen LogP) is 4.23. The molecule has 2 aromatic rings. The van der Waals surface area contributed by atoms with E-state index in [1.807, 2.05) is 18.6 Å². The third kappa shape index (κ3) is 2.57. The molecule has 1 aliphatic rings. The lowest BCUT2D eigenvalue weighted by atomic mass is 10.0. The number of aromatic nitrogens is 4. The fraction of sp³-hybridized carbons (Fsp3) is 0.533. The number of halogens is 1. The highest BCUT2D eigenvalue weighted by atomic mass is 35.5. The second kappa shape index (κ2) is 5.52. The Morgan fingerprint density at radius 2 is 2.00 bits per heavy atom. The zero-order valence-electron chi connectivity index (χ0n) is 11.9. The molecule has 1 fully saturated rings. The van der Waals surface area contributed by atoms with Crippen molar-refractivity contribution < 1.29 is 0 Å². The van der Waals surface area contributed by atoms with E-state index in [1.165, 1.54) is 25.7 Å². The van der Waals surface area contributed by atoms with Crippen LogP contribution >= 0.6 is 11.6 Å². The van der Waals surface area contributed by atoms with Gasteiger partial charge in [0.25, 0.3) is 0 Å². The molecule has 2 heterocycles. The summed E-state index contributed by atoms with van der Waals surface area (Å²) in [6.45, 7) is 4.24. The Balaban J connectivity index is 2.02. The number of nitrogens with zero attached hydrogens (tertiary/aromatic N) is 4. The van der Waals surface area contributed by atoms with E-state index in [2.05, 4.69) is 28.4 Å². The lowest BCUT2D eigenvalue weighted by Gasteiger charge is -2.13. The van der Waals surface area contributed by atoms with Crippen LogP contribution in [0.4, 0.5) is 0 Å². The van der Waals surface area contributed by atoms with Crippen molar-refractivity contribution in [1.29, 1.82) is 0 Å². The minimum absolute atomic E-state index is 0.324. The molecule has 20 heavy (non-hydrogen) atoms. The molecule has 1 saturated carbocycles. The molecule has 0 saturated heterocycles. The van der Waals surface area contributed by atoms with E-state index in [4.69, 9.17) is 16.6 Å². The van der Waals surface area contributed by atoms with Crippen molar-refractivity contribution in [3.8, 4) is 11.5 Å². The lowest BCUT2D eigenvalue weighted by molar-refractivity contribution is 0.602. The van der Waals surface area contributed by atoms with Crippen LogP contribution in [0.25, 0.3) is 11.5 Å². The standard InChI is InChI=1S/C15H19ClN4/c1-10(2)20-9-17-8-13(20)15-18-12(7-14(16)19-15)11-5-3-4-6-11/h7-11H,3-6H2,1-2H3. The van der Waals surface area contributed by atoms with Gasteiger partial charge in [0.2, 0.25) is 0 Å². The van der Waals surface area contributed by atoms with Crippen LogP contribution in [0.3, 0.4) is 0 Å². The predicted molar refractivity (Wildman–Crippen MR) is 79.9 cm³/mol. The van der Waals surface area contributed by atoms with Crippen LogP contribution in [0.15, 0.2) is 18.6 Å². The normalized spacial score (nSPS) is 16.2. The van der Waals surface area contributed by atoms with E-state index < -0.39 is 0 Å². The van der Waals surface area contributed by atoms with Crippen molar-refractivity contribution >= 4 is 11.6 Å². The van der Waals surface area contributed by atoms with Crippen LogP contribution in [0, 0.1) is 0 Å². The Labute approximate surface area is 124 Å². The molecule has 5 heteroatoms. The topological polar surface area (TPSA) is 43.6 Å². The van der Waals surface area contributed by atoms with Gasteiger partial charge in [0.05, 0.1) is 12.5 Å². The van der Waals surface area contributed by atoms with Gasteiger partial charge in [-0.2, -0.15) is 0 Å². The Bertz CT molecular complexity index is 600. The summed E-state index contributed by atoms with van der Waals surface area (Å²) >= 11 is 6.20. The molecule has 0 amide bonds. The van der Waals surface area contributed by atoms with Gasteiger partial charge in [0, 0.05) is 17.7 Å². The molecule has 0 aromatic carbocycles. The molecule has 0 unspecified atom stereocenters. The first kappa shape index (κ1) is 13.6. The molecule has 0 bridgehead atoms. The summed E-state index contributed by atoms with van der Waals surface area (Å²) < 4.78 is 2.07. The molecule has 0 radical (unpaired) electrons.